The van der Waals surface area contributed by atoms with Crippen molar-refractivity contribution in [3.05, 3.63) is 53.1 Å². The number of carbonyl (C=O) groups is 1. The van der Waals surface area contributed by atoms with Gasteiger partial charge < -0.3 is 4.74 Å². The largest absolute Gasteiger partial charge is 0.496 e. The van der Waals surface area contributed by atoms with Gasteiger partial charge in [0.05, 0.1) is 22.9 Å². The molecule has 0 aliphatic rings. The smallest absolute Gasteiger partial charge is 0.261 e. The molecule has 21 heavy (non-hydrogen) atoms. The van der Waals surface area contributed by atoms with Crippen LogP contribution in [-0.2, 0) is 0 Å². The zero-order valence-electron chi connectivity index (χ0n) is 11.1. The van der Waals surface area contributed by atoms with E-state index >= 15 is 0 Å². The number of hydrogen-bond acceptors (Lipinski definition) is 4. The molecule has 0 aliphatic carbocycles. The van der Waals surface area contributed by atoms with Gasteiger partial charge in [0.15, 0.2) is 5.13 Å². The van der Waals surface area contributed by atoms with Crippen LogP contribution in [0.25, 0.3) is 10.2 Å². The highest BCUT2D eigenvalue weighted by molar-refractivity contribution is 7.22. The molecule has 1 amide bonds. The molecule has 0 spiro atoms. The van der Waals surface area contributed by atoms with Gasteiger partial charge in [0.25, 0.3) is 5.91 Å². The van der Waals surface area contributed by atoms with Gasteiger partial charge in [-0.2, -0.15) is 0 Å². The Balaban J connectivity index is 1.89. The lowest BCUT2D eigenvalue weighted by molar-refractivity contribution is 0.102. The van der Waals surface area contributed by atoms with Crippen LogP contribution in [0.4, 0.5) is 5.13 Å². The molecule has 0 atom stereocenters. The Morgan fingerprint density at radius 1 is 1.29 bits per heavy atom. The number of benzene rings is 2. The number of hydrogen-bond donors (Lipinski definition) is 1. The van der Waals surface area contributed by atoms with Gasteiger partial charge in [0, 0.05) is 5.02 Å². The molecule has 3 aromatic rings. The van der Waals surface area contributed by atoms with Crippen LogP contribution in [-0.4, -0.2) is 18.0 Å². The predicted molar refractivity (Wildman–Crippen MR) is 85.6 cm³/mol. The molecular formula is C15H11ClN2O2S. The topological polar surface area (TPSA) is 51.2 Å². The number of methoxy groups -OCH3 is 1. The van der Waals surface area contributed by atoms with Crippen LogP contribution in [0.1, 0.15) is 10.4 Å². The Labute approximate surface area is 130 Å². The van der Waals surface area contributed by atoms with E-state index in [9.17, 15) is 4.79 Å². The summed E-state index contributed by atoms with van der Waals surface area (Å²) in [6.45, 7) is 0. The third-order valence-electron chi connectivity index (χ3n) is 2.92. The number of nitrogens with one attached hydrogen (secondary N) is 1. The highest BCUT2D eigenvalue weighted by Gasteiger charge is 2.13. The van der Waals surface area contributed by atoms with Crippen molar-refractivity contribution in [1.82, 2.24) is 4.98 Å². The predicted octanol–water partition coefficient (Wildman–Crippen LogP) is 4.21. The summed E-state index contributed by atoms with van der Waals surface area (Å²) < 4.78 is 6.11. The SMILES string of the molecule is COc1ccccc1C(=O)Nc1nc2ccc(Cl)cc2s1. The summed E-state index contributed by atoms with van der Waals surface area (Å²) >= 11 is 7.32. The molecular weight excluding hydrogens is 308 g/mol. The first kappa shape index (κ1) is 13.9. The molecule has 0 saturated heterocycles. The zero-order valence-corrected chi connectivity index (χ0v) is 12.7. The lowest BCUT2D eigenvalue weighted by atomic mass is 10.2. The van der Waals surface area contributed by atoms with Gasteiger partial charge >= 0.3 is 0 Å². The van der Waals surface area contributed by atoms with Crippen molar-refractivity contribution in [2.24, 2.45) is 0 Å². The minimum Gasteiger partial charge on any atom is -0.496 e. The molecule has 0 bridgehead atoms. The maximum absolute atomic E-state index is 12.3. The van der Waals surface area contributed by atoms with Gasteiger partial charge in [-0.25, -0.2) is 4.98 Å². The summed E-state index contributed by atoms with van der Waals surface area (Å²) in [4.78, 5) is 16.6. The van der Waals surface area contributed by atoms with Crippen molar-refractivity contribution in [1.29, 1.82) is 0 Å². The summed E-state index contributed by atoms with van der Waals surface area (Å²) in [6.07, 6.45) is 0. The second-order valence-corrected chi connectivity index (χ2v) is 5.75. The highest BCUT2D eigenvalue weighted by atomic mass is 35.5. The number of fused-ring (bicyclic) bond motifs is 1. The second-order valence-electron chi connectivity index (χ2n) is 4.29. The Morgan fingerprint density at radius 3 is 2.90 bits per heavy atom. The fourth-order valence-corrected chi connectivity index (χ4v) is 3.09. The summed E-state index contributed by atoms with van der Waals surface area (Å²) in [5, 5.41) is 3.96. The van der Waals surface area contributed by atoms with Gasteiger partial charge in [-0.1, -0.05) is 35.1 Å². The fourth-order valence-electron chi connectivity index (χ4n) is 1.95. The van der Waals surface area contributed by atoms with E-state index in [0.29, 0.717) is 21.5 Å². The van der Waals surface area contributed by atoms with Crippen molar-refractivity contribution in [2.45, 2.75) is 0 Å². The molecule has 4 nitrogen and oxygen atoms in total. The first-order valence-corrected chi connectivity index (χ1v) is 7.37. The molecule has 0 aliphatic heterocycles. The average molecular weight is 319 g/mol. The van der Waals surface area contributed by atoms with Gasteiger partial charge in [-0.15, -0.1) is 0 Å². The van der Waals surface area contributed by atoms with Gasteiger partial charge in [-0.3, -0.25) is 10.1 Å². The first-order valence-electron chi connectivity index (χ1n) is 6.18. The van der Waals surface area contributed by atoms with E-state index in [1.54, 1.807) is 24.3 Å². The van der Waals surface area contributed by atoms with Gasteiger partial charge in [-0.05, 0) is 30.3 Å². The molecule has 2 aromatic carbocycles. The maximum atomic E-state index is 12.3. The van der Waals surface area contributed by atoms with Crippen LogP contribution in [0.2, 0.25) is 5.02 Å². The maximum Gasteiger partial charge on any atom is 0.261 e. The molecule has 1 aromatic heterocycles. The van der Waals surface area contributed by atoms with Crippen LogP contribution in [0.3, 0.4) is 0 Å². The lowest BCUT2D eigenvalue weighted by Crippen LogP contribution is -2.12. The number of para-hydroxylation sites is 1. The van der Waals surface area contributed by atoms with Crippen molar-refractivity contribution in [2.75, 3.05) is 12.4 Å². The van der Waals surface area contributed by atoms with Crippen molar-refractivity contribution in [3.8, 4) is 5.75 Å². The number of thiazole rings is 1. The van der Waals surface area contributed by atoms with Crippen LogP contribution in [0.5, 0.6) is 5.75 Å². The summed E-state index contributed by atoms with van der Waals surface area (Å²) in [5.41, 5.74) is 1.28. The number of halogens is 1. The van der Waals surface area contributed by atoms with Crippen LogP contribution < -0.4 is 10.1 Å². The number of carbonyl (C=O) groups excluding carboxylic acids is 1. The third-order valence-corrected chi connectivity index (χ3v) is 4.09. The number of amides is 1. The quantitative estimate of drug-likeness (QED) is 0.787. The number of anilines is 1. The Hall–Kier alpha value is -2.11. The van der Waals surface area contributed by atoms with Crippen molar-refractivity contribution < 1.29 is 9.53 Å². The molecule has 0 unspecified atom stereocenters. The van der Waals surface area contributed by atoms with E-state index in [4.69, 9.17) is 16.3 Å². The molecule has 0 saturated carbocycles. The first-order chi connectivity index (χ1) is 10.2. The van der Waals surface area contributed by atoms with E-state index in [0.717, 1.165) is 10.2 Å². The average Bonchev–Trinajstić information content (AvgIpc) is 2.88. The monoisotopic (exact) mass is 318 g/mol. The second kappa shape index (κ2) is 5.71. The van der Waals surface area contributed by atoms with Crippen molar-refractivity contribution >= 4 is 44.2 Å². The van der Waals surface area contributed by atoms with E-state index in [1.165, 1.54) is 18.4 Å². The number of ether oxygens (including phenoxy) is 1. The Kier molecular flexibility index (Phi) is 3.77. The Morgan fingerprint density at radius 2 is 2.10 bits per heavy atom. The van der Waals surface area contributed by atoms with Crippen molar-refractivity contribution in [3.63, 3.8) is 0 Å². The summed E-state index contributed by atoms with van der Waals surface area (Å²) in [6, 6.07) is 12.5. The van der Waals surface area contributed by atoms with Gasteiger partial charge in [0.2, 0.25) is 0 Å². The van der Waals surface area contributed by atoms with Crippen LogP contribution in [0.15, 0.2) is 42.5 Å². The molecule has 1 N–H and O–H groups in total. The molecule has 106 valence electrons. The third kappa shape index (κ3) is 2.84. The lowest BCUT2D eigenvalue weighted by Gasteiger charge is -2.06. The minimum atomic E-state index is -0.252. The van der Waals surface area contributed by atoms with E-state index in [2.05, 4.69) is 10.3 Å². The highest BCUT2D eigenvalue weighted by Crippen LogP contribution is 2.29. The summed E-state index contributed by atoms with van der Waals surface area (Å²) in [7, 11) is 1.53. The zero-order chi connectivity index (χ0) is 14.8. The molecule has 3 rings (SSSR count). The molecule has 6 heteroatoms. The standard InChI is InChI=1S/C15H11ClN2O2S/c1-20-12-5-3-2-4-10(12)14(19)18-15-17-11-7-6-9(16)8-13(11)21-15/h2-8H,1H3,(H,17,18,19). The fraction of sp³-hybridized carbons (Fsp3) is 0.0667. The van der Waals surface area contributed by atoms with E-state index in [-0.39, 0.29) is 5.91 Å². The van der Waals surface area contributed by atoms with Crippen LogP contribution in [0, 0.1) is 0 Å². The van der Waals surface area contributed by atoms with Gasteiger partial charge in [0.1, 0.15) is 5.75 Å². The number of aromatic nitrogens is 1. The molecule has 0 radical (unpaired) electrons. The van der Waals surface area contributed by atoms with Crippen LogP contribution >= 0.6 is 22.9 Å². The van der Waals surface area contributed by atoms with E-state index < -0.39 is 0 Å². The summed E-state index contributed by atoms with van der Waals surface area (Å²) in [5.74, 6) is 0.275. The number of nitrogens with zero attached hydrogens (tertiary/aromatic N) is 1. The Bertz CT molecular complexity index is 816. The number of rotatable bonds is 3. The minimum absolute atomic E-state index is 0.252. The molecule has 0 fully saturated rings. The van der Waals surface area contributed by atoms with E-state index in [1.807, 2.05) is 18.2 Å². The molecule has 1 heterocycles. The normalized spacial score (nSPS) is 10.6.